The van der Waals surface area contributed by atoms with E-state index in [9.17, 15) is 4.79 Å². The van der Waals surface area contributed by atoms with E-state index in [0.29, 0.717) is 23.3 Å². The number of anilines is 2. The summed E-state index contributed by atoms with van der Waals surface area (Å²) >= 11 is 0. The maximum absolute atomic E-state index is 11.9. The summed E-state index contributed by atoms with van der Waals surface area (Å²) in [6.07, 6.45) is 3.33. The van der Waals surface area contributed by atoms with Crippen LogP contribution in [0.1, 0.15) is 43.5 Å². The number of benzene rings is 1. The van der Waals surface area contributed by atoms with Crippen molar-refractivity contribution in [2.45, 2.75) is 45.2 Å². The van der Waals surface area contributed by atoms with Gasteiger partial charge in [-0.2, -0.15) is 0 Å². The standard InChI is InChI=1S/C15H22N2O2/c1-4-11-9-8-10(2)17(11)14-12(15(18)19-3)6-5-7-13(14)16/h5-7,10-11H,4,8-9,16H2,1-3H3. The third-order valence-electron chi connectivity index (χ3n) is 3.99. The molecule has 2 N–H and O–H groups in total. The molecule has 1 aliphatic heterocycles. The van der Waals surface area contributed by atoms with Crippen LogP contribution in [0.25, 0.3) is 0 Å². The van der Waals surface area contributed by atoms with E-state index in [1.807, 2.05) is 6.07 Å². The number of nitrogen functional groups attached to an aromatic ring is 1. The van der Waals surface area contributed by atoms with Crippen LogP contribution in [0.3, 0.4) is 0 Å². The summed E-state index contributed by atoms with van der Waals surface area (Å²) in [6, 6.07) is 6.28. The van der Waals surface area contributed by atoms with Crippen LogP contribution in [-0.4, -0.2) is 25.2 Å². The second kappa shape index (κ2) is 5.51. The maximum atomic E-state index is 11.9. The maximum Gasteiger partial charge on any atom is 0.340 e. The minimum absolute atomic E-state index is 0.323. The summed E-state index contributed by atoms with van der Waals surface area (Å²) < 4.78 is 4.87. The van der Waals surface area contributed by atoms with Crippen molar-refractivity contribution in [2.75, 3.05) is 17.7 Å². The number of ether oxygens (including phenoxy) is 1. The van der Waals surface area contributed by atoms with E-state index in [0.717, 1.165) is 24.9 Å². The van der Waals surface area contributed by atoms with E-state index in [2.05, 4.69) is 18.7 Å². The molecule has 0 aromatic heterocycles. The Balaban J connectivity index is 2.51. The second-order valence-electron chi connectivity index (χ2n) is 5.13. The van der Waals surface area contributed by atoms with Crippen LogP contribution in [0.4, 0.5) is 11.4 Å². The number of nitrogens with zero attached hydrogens (tertiary/aromatic N) is 1. The molecule has 0 amide bonds. The molecule has 0 radical (unpaired) electrons. The molecule has 0 aliphatic carbocycles. The highest BCUT2D eigenvalue weighted by molar-refractivity contribution is 5.99. The van der Waals surface area contributed by atoms with Gasteiger partial charge in [-0.05, 0) is 38.3 Å². The molecule has 2 unspecified atom stereocenters. The predicted molar refractivity (Wildman–Crippen MR) is 77.4 cm³/mol. The van der Waals surface area contributed by atoms with Crippen molar-refractivity contribution in [3.63, 3.8) is 0 Å². The molecule has 2 atom stereocenters. The highest BCUT2D eigenvalue weighted by atomic mass is 16.5. The summed E-state index contributed by atoms with van der Waals surface area (Å²) in [7, 11) is 1.40. The fourth-order valence-electron chi connectivity index (χ4n) is 3.00. The van der Waals surface area contributed by atoms with E-state index < -0.39 is 0 Å². The normalized spacial score (nSPS) is 22.6. The fourth-order valence-corrected chi connectivity index (χ4v) is 3.00. The zero-order chi connectivity index (χ0) is 14.0. The van der Waals surface area contributed by atoms with Gasteiger partial charge in [0.2, 0.25) is 0 Å². The number of nitrogens with two attached hydrogens (primary N) is 1. The fraction of sp³-hybridized carbons (Fsp3) is 0.533. The minimum atomic E-state index is -0.323. The first-order valence-corrected chi connectivity index (χ1v) is 6.85. The molecule has 1 aromatic carbocycles. The Bertz CT molecular complexity index is 473. The zero-order valence-electron chi connectivity index (χ0n) is 11.8. The van der Waals surface area contributed by atoms with Gasteiger partial charge in [0.1, 0.15) is 0 Å². The average molecular weight is 262 g/mol. The molecule has 4 nitrogen and oxygen atoms in total. The molecule has 0 saturated carbocycles. The zero-order valence-corrected chi connectivity index (χ0v) is 11.8. The predicted octanol–water partition coefficient (Wildman–Crippen LogP) is 2.82. The number of carbonyl (C=O) groups excluding carboxylic acids is 1. The van der Waals surface area contributed by atoms with E-state index in [1.54, 1.807) is 12.1 Å². The van der Waals surface area contributed by atoms with Gasteiger partial charge >= 0.3 is 5.97 Å². The van der Waals surface area contributed by atoms with Gasteiger partial charge in [-0.3, -0.25) is 0 Å². The number of para-hydroxylation sites is 1. The van der Waals surface area contributed by atoms with Crippen LogP contribution in [-0.2, 0) is 4.74 Å². The number of rotatable bonds is 3. The Morgan fingerprint density at radius 2 is 2.21 bits per heavy atom. The van der Waals surface area contributed by atoms with Gasteiger partial charge in [-0.1, -0.05) is 13.0 Å². The van der Waals surface area contributed by atoms with Gasteiger partial charge in [-0.15, -0.1) is 0 Å². The average Bonchev–Trinajstić information content (AvgIpc) is 2.78. The van der Waals surface area contributed by atoms with Crippen molar-refractivity contribution in [1.82, 2.24) is 0 Å². The Hall–Kier alpha value is -1.71. The summed E-state index contributed by atoms with van der Waals surface area (Å²) in [6.45, 7) is 4.36. The summed E-state index contributed by atoms with van der Waals surface area (Å²) in [5, 5.41) is 0. The molecule has 2 rings (SSSR count). The van der Waals surface area contributed by atoms with E-state index >= 15 is 0 Å². The lowest BCUT2D eigenvalue weighted by Crippen LogP contribution is -2.36. The van der Waals surface area contributed by atoms with Crippen LogP contribution >= 0.6 is 0 Å². The Morgan fingerprint density at radius 3 is 2.84 bits per heavy atom. The van der Waals surface area contributed by atoms with Gasteiger partial charge in [-0.25, -0.2) is 4.79 Å². The molecule has 4 heteroatoms. The number of esters is 1. The van der Waals surface area contributed by atoms with Crippen LogP contribution in [0.2, 0.25) is 0 Å². The number of methoxy groups -OCH3 is 1. The highest BCUT2D eigenvalue weighted by Crippen LogP contribution is 2.38. The largest absolute Gasteiger partial charge is 0.465 e. The Morgan fingerprint density at radius 1 is 1.47 bits per heavy atom. The third kappa shape index (κ3) is 2.39. The van der Waals surface area contributed by atoms with Crippen LogP contribution in [0, 0.1) is 0 Å². The summed E-state index contributed by atoms with van der Waals surface area (Å²) in [4.78, 5) is 14.2. The van der Waals surface area contributed by atoms with Crippen molar-refractivity contribution >= 4 is 17.3 Å². The van der Waals surface area contributed by atoms with Crippen molar-refractivity contribution < 1.29 is 9.53 Å². The molecule has 1 aromatic rings. The molecular weight excluding hydrogens is 240 g/mol. The van der Waals surface area contributed by atoms with E-state index in [1.165, 1.54) is 7.11 Å². The first-order valence-electron chi connectivity index (χ1n) is 6.85. The minimum Gasteiger partial charge on any atom is -0.465 e. The number of carbonyl (C=O) groups is 1. The van der Waals surface area contributed by atoms with Crippen LogP contribution in [0.15, 0.2) is 18.2 Å². The molecule has 1 fully saturated rings. The third-order valence-corrected chi connectivity index (χ3v) is 3.99. The SMILES string of the molecule is CCC1CCC(C)N1c1c(N)cccc1C(=O)OC. The lowest BCUT2D eigenvalue weighted by atomic mass is 10.1. The molecule has 0 spiro atoms. The number of hydrogen-bond donors (Lipinski definition) is 1. The van der Waals surface area contributed by atoms with Gasteiger partial charge in [0.05, 0.1) is 24.0 Å². The molecule has 104 valence electrons. The van der Waals surface area contributed by atoms with Crippen molar-refractivity contribution in [2.24, 2.45) is 0 Å². The van der Waals surface area contributed by atoms with Crippen LogP contribution < -0.4 is 10.6 Å². The smallest absolute Gasteiger partial charge is 0.340 e. The topological polar surface area (TPSA) is 55.6 Å². The van der Waals surface area contributed by atoms with Crippen molar-refractivity contribution in [3.8, 4) is 0 Å². The van der Waals surface area contributed by atoms with Gasteiger partial charge in [0, 0.05) is 12.1 Å². The van der Waals surface area contributed by atoms with Crippen molar-refractivity contribution in [1.29, 1.82) is 0 Å². The van der Waals surface area contributed by atoms with Crippen LogP contribution in [0.5, 0.6) is 0 Å². The highest BCUT2D eigenvalue weighted by Gasteiger charge is 2.33. The van der Waals surface area contributed by atoms with Gasteiger partial charge in [0.15, 0.2) is 0 Å². The lowest BCUT2D eigenvalue weighted by Gasteiger charge is -2.32. The molecule has 1 saturated heterocycles. The van der Waals surface area contributed by atoms with Crippen molar-refractivity contribution in [3.05, 3.63) is 23.8 Å². The molecule has 1 heterocycles. The first kappa shape index (κ1) is 13.7. The molecule has 19 heavy (non-hydrogen) atoms. The monoisotopic (exact) mass is 262 g/mol. The molecule has 1 aliphatic rings. The first-order chi connectivity index (χ1) is 9.10. The Kier molecular flexibility index (Phi) is 3.98. The molecular formula is C15H22N2O2. The van der Waals surface area contributed by atoms with E-state index in [4.69, 9.17) is 10.5 Å². The van der Waals surface area contributed by atoms with Gasteiger partial charge in [0.25, 0.3) is 0 Å². The van der Waals surface area contributed by atoms with Gasteiger partial charge < -0.3 is 15.4 Å². The summed E-state index contributed by atoms with van der Waals surface area (Å²) in [5.74, 6) is -0.323. The second-order valence-corrected chi connectivity index (χ2v) is 5.13. The lowest BCUT2D eigenvalue weighted by molar-refractivity contribution is 0.0601. The number of hydrogen-bond acceptors (Lipinski definition) is 4. The quantitative estimate of drug-likeness (QED) is 0.672. The molecule has 0 bridgehead atoms. The Labute approximate surface area is 114 Å². The van der Waals surface area contributed by atoms with E-state index in [-0.39, 0.29) is 5.97 Å². The summed E-state index contributed by atoms with van der Waals surface area (Å²) in [5.41, 5.74) is 8.18.